The summed E-state index contributed by atoms with van der Waals surface area (Å²) in [5.41, 5.74) is 2.24. The minimum atomic E-state index is -0.263. The van der Waals surface area contributed by atoms with Crippen LogP contribution in [0.1, 0.15) is 15.9 Å². The molecule has 0 unspecified atom stereocenters. The Bertz CT molecular complexity index is 880. The van der Waals surface area contributed by atoms with Gasteiger partial charge in [-0.05, 0) is 48.4 Å². The summed E-state index contributed by atoms with van der Waals surface area (Å²) in [6, 6.07) is 18.3. The van der Waals surface area contributed by atoms with Crippen LogP contribution >= 0.6 is 23.2 Å². The van der Waals surface area contributed by atoms with E-state index in [-0.39, 0.29) is 5.91 Å². The van der Waals surface area contributed by atoms with Crippen molar-refractivity contribution in [2.45, 2.75) is 6.42 Å². The Morgan fingerprint density at radius 2 is 1.73 bits per heavy atom. The molecule has 3 aromatic rings. The van der Waals surface area contributed by atoms with Crippen LogP contribution in [-0.4, -0.2) is 17.4 Å². The van der Waals surface area contributed by atoms with E-state index in [1.807, 2.05) is 30.3 Å². The fourth-order valence-corrected chi connectivity index (χ4v) is 2.75. The van der Waals surface area contributed by atoms with Crippen LogP contribution in [0.3, 0.4) is 0 Å². The van der Waals surface area contributed by atoms with Crippen LogP contribution in [0.25, 0.3) is 0 Å². The van der Waals surface area contributed by atoms with Crippen LogP contribution in [0.15, 0.2) is 66.9 Å². The van der Waals surface area contributed by atoms with Crippen molar-refractivity contribution >= 4 is 40.6 Å². The van der Waals surface area contributed by atoms with E-state index in [4.69, 9.17) is 23.2 Å². The summed E-state index contributed by atoms with van der Waals surface area (Å²) in [7, 11) is 0. The summed E-state index contributed by atoms with van der Waals surface area (Å²) in [6.07, 6.45) is 2.48. The first-order valence-electron chi connectivity index (χ1n) is 8.12. The number of nitrogens with zero attached hydrogens (tertiary/aromatic N) is 1. The number of anilines is 2. The third-order valence-electron chi connectivity index (χ3n) is 3.77. The molecule has 0 bridgehead atoms. The molecular formula is C20H17Cl2N3O. The first kappa shape index (κ1) is 18.2. The van der Waals surface area contributed by atoms with E-state index in [1.165, 1.54) is 5.56 Å². The van der Waals surface area contributed by atoms with Crippen molar-refractivity contribution in [2.24, 2.45) is 0 Å². The lowest BCUT2D eigenvalue weighted by atomic mass is 10.1. The van der Waals surface area contributed by atoms with Gasteiger partial charge in [-0.25, -0.2) is 4.98 Å². The molecule has 0 spiro atoms. The smallest absolute Gasteiger partial charge is 0.257 e. The molecule has 0 saturated carbocycles. The summed E-state index contributed by atoms with van der Waals surface area (Å²) in [5.74, 6) is 0.482. The maximum atomic E-state index is 12.2. The van der Waals surface area contributed by atoms with Gasteiger partial charge >= 0.3 is 0 Å². The molecule has 132 valence electrons. The van der Waals surface area contributed by atoms with Gasteiger partial charge in [0.2, 0.25) is 0 Å². The molecule has 0 saturated heterocycles. The molecule has 0 aliphatic carbocycles. The second-order valence-corrected chi connectivity index (χ2v) is 6.51. The highest BCUT2D eigenvalue weighted by Gasteiger charge is 2.09. The van der Waals surface area contributed by atoms with Gasteiger partial charge < -0.3 is 10.6 Å². The van der Waals surface area contributed by atoms with Crippen molar-refractivity contribution in [2.75, 3.05) is 17.2 Å². The van der Waals surface area contributed by atoms with E-state index in [9.17, 15) is 4.79 Å². The second kappa shape index (κ2) is 8.70. The van der Waals surface area contributed by atoms with Gasteiger partial charge in [0, 0.05) is 11.6 Å². The van der Waals surface area contributed by atoms with Crippen LogP contribution in [0, 0.1) is 0 Å². The van der Waals surface area contributed by atoms with E-state index >= 15 is 0 Å². The zero-order valence-corrected chi connectivity index (χ0v) is 15.4. The van der Waals surface area contributed by atoms with Crippen LogP contribution in [0.5, 0.6) is 0 Å². The summed E-state index contributed by atoms with van der Waals surface area (Å²) in [4.78, 5) is 16.5. The number of carbonyl (C=O) groups excluding carboxylic acids is 1. The number of carbonyl (C=O) groups is 1. The van der Waals surface area contributed by atoms with Gasteiger partial charge in [-0.3, -0.25) is 4.79 Å². The van der Waals surface area contributed by atoms with E-state index < -0.39 is 0 Å². The second-order valence-electron chi connectivity index (χ2n) is 5.67. The average Bonchev–Trinajstić information content (AvgIpc) is 2.65. The first-order chi connectivity index (χ1) is 12.6. The van der Waals surface area contributed by atoms with Gasteiger partial charge in [-0.15, -0.1) is 0 Å². The van der Waals surface area contributed by atoms with Crippen molar-refractivity contribution in [3.8, 4) is 0 Å². The molecule has 3 rings (SSSR count). The standard InChI is InChI=1S/C20H17Cl2N3O/c21-15-7-5-14(6-8-15)11-12-23-19-10-9-16(13-24-19)25-20(26)17-3-1-2-4-18(17)22/h1-10,13H,11-12H2,(H,23,24)(H,25,26). The molecule has 1 aromatic heterocycles. The Morgan fingerprint density at radius 1 is 0.962 bits per heavy atom. The van der Waals surface area contributed by atoms with E-state index in [0.29, 0.717) is 16.3 Å². The monoisotopic (exact) mass is 385 g/mol. The molecular weight excluding hydrogens is 369 g/mol. The lowest BCUT2D eigenvalue weighted by Crippen LogP contribution is -2.13. The number of halogens is 2. The molecule has 0 fully saturated rings. The predicted molar refractivity (Wildman–Crippen MR) is 107 cm³/mol. The Labute approximate surface area is 162 Å². The third-order valence-corrected chi connectivity index (χ3v) is 4.35. The van der Waals surface area contributed by atoms with Gasteiger partial charge in [0.05, 0.1) is 22.5 Å². The van der Waals surface area contributed by atoms with Crippen molar-refractivity contribution in [1.82, 2.24) is 4.98 Å². The minimum Gasteiger partial charge on any atom is -0.370 e. The molecule has 0 aliphatic heterocycles. The topological polar surface area (TPSA) is 54.0 Å². The summed E-state index contributed by atoms with van der Waals surface area (Å²) >= 11 is 11.9. The number of pyridine rings is 1. The maximum absolute atomic E-state index is 12.2. The molecule has 0 radical (unpaired) electrons. The molecule has 4 nitrogen and oxygen atoms in total. The number of rotatable bonds is 6. The van der Waals surface area contributed by atoms with Crippen molar-refractivity contribution in [1.29, 1.82) is 0 Å². The third kappa shape index (κ3) is 4.97. The van der Waals surface area contributed by atoms with Gasteiger partial charge in [0.25, 0.3) is 5.91 Å². The number of aromatic nitrogens is 1. The Morgan fingerprint density at radius 3 is 2.42 bits per heavy atom. The van der Waals surface area contributed by atoms with Crippen LogP contribution in [0.4, 0.5) is 11.5 Å². The Kier molecular flexibility index (Phi) is 6.10. The fraction of sp³-hybridized carbons (Fsp3) is 0.100. The maximum Gasteiger partial charge on any atom is 0.257 e. The van der Waals surface area contributed by atoms with Gasteiger partial charge in [0.1, 0.15) is 5.82 Å². The average molecular weight is 386 g/mol. The zero-order valence-electron chi connectivity index (χ0n) is 13.9. The molecule has 2 N–H and O–H groups in total. The molecule has 0 atom stereocenters. The van der Waals surface area contributed by atoms with Gasteiger partial charge in [-0.2, -0.15) is 0 Å². The predicted octanol–water partition coefficient (Wildman–Crippen LogP) is 5.30. The molecule has 1 amide bonds. The SMILES string of the molecule is O=C(Nc1ccc(NCCc2ccc(Cl)cc2)nc1)c1ccccc1Cl. The Hall–Kier alpha value is -2.56. The molecule has 6 heteroatoms. The number of hydrogen-bond donors (Lipinski definition) is 2. The van der Waals surface area contributed by atoms with Crippen molar-refractivity contribution in [3.05, 3.63) is 88.0 Å². The quantitative estimate of drug-likeness (QED) is 0.605. The van der Waals surface area contributed by atoms with Crippen LogP contribution in [-0.2, 0) is 6.42 Å². The molecule has 1 heterocycles. The van der Waals surface area contributed by atoms with Crippen molar-refractivity contribution in [3.63, 3.8) is 0 Å². The lowest BCUT2D eigenvalue weighted by molar-refractivity contribution is 0.102. The number of amides is 1. The summed E-state index contributed by atoms with van der Waals surface area (Å²) in [6.45, 7) is 0.750. The fourth-order valence-electron chi connectivity index (χ4n) is 2.40. The van der Waals surface area contributed by atoms with Gasteiger partial charge in [-0.1, -0.05) is 47.5 Å². The highest BCUT2D eigenvalue weighted by molar-refractivity contribution is 6.34. The number of nitrogens with one attached hydrogen (secondary N) is 2. The lowest BCUT2D eigenvalue weighted by Gasteiger charge is -2.09. The highest BCUT2D eigenvalue weighted by atomic mass is 35.5. The van der Waals surface area contributed by atoms with E-state index in [0.717, 1.165) is 23.8 Å². The van der Waals surface area contributed by atoms with E-state index in [2.05, 4.69) is 15.6 Å². The normalized spacial score (nSPS) is 10.4. The summed E-state index contributed by atoms with van der Waals surface area (Å²) < 4.78 is 0. The number of benzene rings is 2. The van der Waals surface area contributed by atoms with E-state index in [1.54, 1.807) is 36.5 Å². The van der Waals surface area contributed by atoms with Crippen LogP contribution in [0.2, 0.25) is 10.0 Å². The Balaban J connectivity index is 1.52. The van der Waals surface area contributed by atoms with Crippen LogP contribution < -0.4 is 10.6 Å². The molecule has 2 aromatic carbocycles. The van der Waals surface area contributed by atoms with Gasteiger partial charge in [0.15, 0.2) is 0 Å². The summed E-state index contributed by atoms with van der Waals surface area (Å²) in [5, 5.41) is 7.19. The van der Waals surface area contributed by atoms with Crippen molar-refractivity contribution < 1.29 is 4.79 Å². The highest BCUT2D eigenvalue weighted by Crippen LogP contribution is 2.17. The molecule has 0 aliphatic rings. The first-order valence-corrected chi connectivity index (χ1v) is 8.88. The largest absolute Gasteiger partial charge is 0.370 e. The minimum absolute atomic E-state index is 0.263. The zero-order chi connectivity index (χ0) is 18.4. The molecule has 26 heavy (non-hydrogen) atoms. The number of hydrogen-bond acceptors (Lipinski definition) is 3.